The molecule has 1 aromatic rings. The zero-order valence-corrected chi connectivity index (χ0v) is 14.9. The number of hydrogen-bond donors (Lipinski definition) is 1. The quantitative estimate of drug-likeness (QED) is 0.829. The third-order valence-corrected chi connectivity index (χ3v) is 5.82. The van der Waals surface area contributed by atoms with Crippen LogP contribution in [-0.4, -0.2) is 48.8 Å². The van der Waals surface area contributed by atoms with Crippen LogP contribution in [0, 0.1) is 0 Å². The van der Waals surface area contributed by atoms with Crippen LogP contribution < -0.4 is 0 Å². The smallest absolute Gasteiger partial charge is 0.337 e. The van der Waals surface area contributed by atoms with Gasteiger partial charge in [-0.3, -0.25) is 4.79 Å². The molecule has 1 heterocycles. The van der Waals surface area contributed by atoms with Crippen LogP contribution in [-0.2, 0) is 15.6 Å². The van der Waals surface area contributed by atoms with Crippen molar-refractivity contribution in [2.24, 2.45) is 0 Å². The minimum Gasteiger partial charge on any atom is -0.390 e. The van der Waals surface area contributed by atoms with Crippen LogP contribution in [0.4, 0.5) is 8.78 Å². The normalized spacial score (nSPS) is 17.7. The lowest BCUT2D eigenvalue weighted by atomic mass is 9.87. The molecule has 25 heavy (non-hydrogen) atoms. The highest BCUT2D eigenvalue weighted by Gasteiger charge is 2.33. The lowest BCUT2D eigenvalue weighted by Crippen LogP contribution is -2.46. The predicted molar refractivity (Wildman–Crippen MR) is 90.1 cm³/mol. The van der Waals surface area contributed by atoms with Crippen molar-refractivity contribution in [3.05, 3.63) is 35.4 Å². The molecule has 8 heteroatoms. The molecule has 1 fully saturated rings. The second kappa shape index (κ2) is 7.78. The fraction of sp³-hybridized carbons (Fsp3) is 0.588. The van der Waals surface area contributed by atoms with Crippen molar-refractivity contribution in [2.75, 3.05) is 13.1 Å². The molecule has 1 saturated heterocycles. The Morgan fingerprint density at radius 3 is 2.28 bits per heavy atom. The molecule has 0 spiro atoms. The Hall–Kier alpha value is -1.54. The van der Waals surface area contributed by atoms with E-state index in [1.54, 1.807) is 4.90 Å². The number of carbonyl (C=O) groups excluding carboxylic acids is 1. The van der Waals surface area contributed by atoms with Crippen molar-refractivity contribution in [1.29, 1.82) is 0 Å². The molecule has 5 nitrogen and oxygen atoms in total. The molecule has 0 aliphatic carbocycles. The van der Waals surface area contributed by atoms with Gasteiger partial charge in [0.05, 0.1) is 11.4 Å². The summed E-state index contributed by atoms with van der Waals surface area (Å²) in [5, 5.41) is 10.4. The second-order valence-electron chi connectivity index (χ2n) is 6.53. The first-order valence-corrected chi connectivity index (χ1v) is 9.99. The summed E-state index contributed by atoms with van der Waals surface area (Å²) in [6.45, 7) is 2.92. The first-order valence-electron chi connectivity index (χ1n) is 8.27. The van der Waals surface area contributed by atoms with E-state index in [4.69, 9.17) is 0 Å². The van der Waals surface area contributed by atoms with E-state index in [1.165, 1.54) is 24.3 Å². The van der Waals surface area contributed by atoms with Crippen LogP contribution in [0.15, 0.2) is 24.3 Å². The number of carbonyl (C=O) groups is 1. The molecule has 140 valence electrons. The number of sulfone groups is 1. The number of halogens is 2. The number of likely N-dealkylation sites (tertiary alicyclic amines) is 1. The zero-order valence-electron chi connectivity index (χ0n) is 14.1. The highest BCUT2D eigenvalue weighted by molar-refractivity contribution is 7.90. The van der Waals surface area contributed by atoms with Crippen molar-refractivity contribution in [2.45, 2.75) is 49.7 Å². The summed E-state index contributed by atoms with van der Waals surface area (Å²) in [6, 6.07) is 5.66. The average molecular weight is 375 g/mol. The fourth-order valence-electron chi connectivity index (χ4n) is 3.06. The Morgan fingerprint density at radius 1 is 1.24 bits per heavy atom. The van der Waals surface area contributed by atoms with E-state index in [9.17, 15) is 27.1 Å². The molecular formula is C17H23F2NO4S. The minimum absolute atomic E-state index is 0.207. The van der Waals surface area contributed by atoms with Gasteiger partial charge in [0.25, 0.3) is 5.91 Å². The molecule has 0 atom stereocenters. The van der Waals surface area contributed by atoms with Gasteiger partial charge in [-0.2, -0.15) is 8.78 Å². The lowest BCUT2D eigenvalue weighted by molar-refractivity contribution is -0.0233. The molecule has 0 aromatic heterocycles. The van der Waals surface area contributed by atoms with E-state index < -0.39 is 26.9 Å². The van der Waals surface area contributed by atoms with Gasteiger partial charge >= 0.3 is 5.76 Å². The summed E-state index contributed by atoms with van der Waals surface area (Å²) < 4.78 is 47.3. The number of amides is 1. The highest BCUT2D eigenvalue weighted by Crippen LogP contribution is 2.27. The number of alkyl halides is 2. The third kappa shape index (κ3) is 4.98. The topological polar surface area (TPSA) is 74.7 Å². The Labute approximate surface area is 146 Å². The Morgan fingerprint density at radius 2 is 1.80 bits per heavy atom. The van der Waals surface area contributed by atoms with Crippen LogP contribution in [0.2, 0.25) is 0 Å². The van der Waals surface area contributed by atoms with E-state index in [1.807, 2.05) is 6.92 Å². The molecule has 0 unspecified atom stereocenters. The predicted octanol–water partition coefficient (Wildman–Crippen LogP) is 2.59. The van der Waals surface area contributed by atoms with Crippen molar-refractivity contribution in [3.8, 4) is 0 Å². The monoisotopic (exact) mass is 375 g/mol. The van der Waals surface area contributed by atoms with Gasteiger partial charge in [-0.1, -0.05) is 25.5 Å². The fourth-order valence-corrected chi connectivity index (χ4v) is 3.85. The van der Waals surface area contributed by atoms with E-state index in [-0.39, 0.29) is 11.5 Å². The first-order chi connectivity index (χ1) is 11.7. The summed E-state index contributed by atoms with van der Waals surface area (Å²) in [7, 11) is -4.48. The van der Waals surface area contributed by atoms with Gasteiger partial charge in [0.2, 0.25) is 9.84 Å². The summed E-state index contributed by atoms with van der Waals surface area (Å²) in [5.74, 6) is -4.38. The molecule has 0 radical (unpaired) electrons. The van der Waals surface area contributed by atoms with Crippen molar-refractivity contribution >= 4 is 15.7 Å². The van der Waals surface area contributed by atoms with E-state index in [0.717, 1.165) is 6.42 Å². The Bertz CT molecular complexity index is 696. The molecule has 1 N–H and O–H groups in total. The van der Waals surface area contributed by atoms with E-state index >= 15 is 0 Å². The van der Waals surface area contributed by atoms with E-state index in [0.29, 0.717) is 37.9 Å². The maximum absolute atomic E-state index is 12.5. The largest absolute Gasteiger partial charge is 0.390 e. The van der Waals surface area contributed by atoms with Crippen molar-refractivity contribution < 1.29 is 27.1 Å². The second-order valence-corrected chi connectivity index (χ2v) is 8.50. The molecule has 2 rings (SSSR count). The number of benzene rings is 1. The molecule has 1 aromatic carbocycles. The third-order valence-electron chi connectivity index (χ3n) is 4.54. The van der Waals surface area contributed by atoms with Gasteiger partial charge < -0.3 is 10.0 Å². The van der Waals surface area contributed by atoms with Crippen LogP contribution in [0.25, 0.3) is 0 Å². The molecule has 1 aliphatic heterocycles. The van der Waals surface area contributed by atoms with Gasteiger partial charge in [0.1, 0.15) is 0 Å². The Kier molecular flexibility index (Phi) is 6.16. The zero-order chi connectivity index (χ0) is 18.7. The van der Waals surface area contributed by atoms with Gasteiger partial charge in [0.15, 0.2) is 0 Å². The number of hydrogen-bond acceptors (Lipinski definition) is 4. The summed E-state index contributed by atoms with van der Waals surface area (Å²) in [6.07, 6.45) is 2.64. The van der Waals surface area contributed by atoms with Gasteiger partial charge in [-0.05, 0) is 37.0 Å². The number of nitrogens with zero attached hydrogens (tertiary/aromatic N) is 1. The maximum atomic E-state index is 12.5. The SMILES string of the molecule is CCCC1(O)CCN(C(=O)c2ccc(CS(=O)(=O)C(F)F)cc2)CC1. The van der Waals surface area contributed by atoms with Crippen LogP contribution in [0.1, 0.15) is 48.5 Å². The van der Waals surface area contributed by atoms with Crippen LogP contribution in [0.5, 0.6) is 0 Å². The summed E-state index contributed by atoms with van der Waals surface area (Å²) >= 11 is 0. The molecule has 0 bridgehead atoms. The van der Waals surface area contributed by atoms with Gasteiger partial charge in [0, 0.05) is 18.7 Å². The van der Waals surface area contributed by atoms with Crippen molar-refractivity contribution in [3.63, 3.8) is 0 Å². The average Bonchev–Trinajstić information content (AvgIpc) is 2.55. The molecule has 0 saturated carbocycles. The lowest BCUT2D eigenvalue weighted by Gasteiger charge is -2.38. The highest BCUT2D eigenvalue weighted by atomic mass is 32.2. The van der Waals surface area contributed by atoms with Gasteiger partial charge in [-0.25, -0.2) is 8.42 Å². The molecule has 1 amide bonds. The molecular weight excluding hydrogens is 352 g/mol. The van der Waals surface area contributed by atoms with Crippen LogP contribution in [0.3, 0.4) is 0 Å². The number of rotatable bonds is 6. The number of piperidine rings is 1. The Balaban J connectivity index is 2.00. The molecule has 1 aliphatic rings. The maximum Gasteiger partial charge on any atom is 0.337 e. The standard InChI is InChI=1S/C17H23F2NO4S/c1-2-7-17(22)8-10-20(11-9-17)15(21)14-5-3-13(4-6-14)12-25(23,24)16(18)19/h3-6,16,22H,2,7-12H2,1H3. The van der Waals surface area contributed by atoms with Crippen LogP contribution >= 0.6 is 0 Å². The minimum atomic E-state index is -4.48. The van der Waals surface area contributed by atoms with Crippen molar-refractivity contribution in [1.82, 2.24) is 4.90 Å². The first kappa shape index (κ1) is 19.8. The number of aliphatic hydroxyl groups is 1. The summed E-state index contributed by atoms with van der Waals surface area (Å²) in [5.41, 5.74) is -0.120. The van der Waals surface area contributed by atoms with Gasteiger partial charge in [-0.15, -0.1) is 0 Å². The summed E-state index contributed by atoms with van der Waals surface area (Å²) in [4.78, 5) is 14.1. The van der Waals surface area contributed by atoms with E-state index in [2.05, 4.69) is 0 Å².